The minimum absolute atomic E-state index is 0.201. The quantitative estimate of drug-likeness (QED) is 0.813. The van der Waals surface area contributed by atoms with Gasteiger partial charge in [-0.15, -0.1) is 0 Å². The molecular weight excluding hydrogens is 226 g/mol. The molecule has 1 saturated carbocycles. The summed E-state index contributed by atoms with van der Waals surface area (Å²) >= 11 is 0. The molecule has 2 rings (SSSR count). The van der Waals surface area contributed by atoms with Crippen LogP contribution in [0.2, 0.25) is 0 Å². The van der Waals surface area contributed by atoms with Gasteiger partial charge in [-0.05, 0) is 38.2 Å². The van der Waals surface area contributed by atoms with Crippen LogP contribution in [0.3, 0.4) is 0 Å². The van der Waals surface area contributed by atoms with Crippen molar-refractivity contribution in [3.8, 4) is 0 Å². The molecule has 1 aliphatic carbocycles. The second kappa shape index (κ2) is 5.53. The maximum Gasteiger partial charge on any atom is 0.322 e. The Labute approximate surface area is 109 Å². The molecule has 0 heterocycles. The minimum Gasteiger partial charge on any atom is -0.468 e. The van der Waals surface area contributed by atoms with Gasteiger partial charge in [-0.25, -0.2) is 0 Å². The van der Waals surface area contributed by atoms with Gasteiger partial charge in [0.25, 0.3) is 0 Å². The third-order valence-electron chi connectivity index (χ3n) is 3.51. The van der Waals surface area contributed by atoms with Crippen molar-refractivity contribution in [1.29, 1.82) is 0 Å². The average Bonchev–Trinajstić information content (AvgIpc) is 3.20. The molecule has 0 saturated heterocycles. The molecule has 3 nitrogen and oxygen atoms in total. The van der Waals surface area contributed by atoms with E-state index in [1.165, 1.54) is 31.1 Å². The van der Waals surface area contributed by atoms with Crippen LogP contribution in [0.15, 0.2) is 24.3 Å². The van der Waals surface area contributed by atoms with Crippen LogP contribution in [-0.4, -0.2) is 19.1 Å². The highest BCUT2D eigenvalue weighted by atomic mass is 16.5. The van der Waals surface area contributed by atoms with Crippen molar-refractivity contribution in [2.45, 2.75) is 38.8 Å². The Morgan fingerprint density at radius 3 is 2.44 bits per heavy atom. The van der Waals surface area contributed by atoms with E-state index < -0.39 is 0 Å². The van der Waals surface area contributed by atoms with Crippen molar-refractivity contribution < 1.29 is 9.53 Å². The zero-order valence-electron chi connectivity index (χ0n) is 11.3. The van der Waals surface area contributed by atoms with E-state index in [1.807, 2.05) is 6.92 Å². The molecule has 1 fully saturated rings. The molecule has 0 bridgehead atoms. The molecule has 18 heavy (non-hydrogen) atoms. The van der Waals surface area contributed by atoms with Crippen molar-refractivity contribution in [2.75, 3.05) is 7.11 Å². The fourth-order valence-corrected chi connectivity index (χ4v) is 2.22. The summed E-state index contributed by atoms with van der Waals surface area (Å²) in [7, 11) is 1.43. The van der Waals surface area contributed by atoms with Gasteiger partial charge in [-0.2, -0.15) is 0 Å². The number of esters is 1. The van der Waals surface area contributed by atoms with E-state index in [-0.39, 0.29) is 18.1 Å². The number of methoxy groups -OCH3 is 1. The second-order valence-corrected chi connectivity index (χ2v) is 5.14. The smallest absolute Gasteiger partial charge is 0.322 e. The molecule has 0 amide bonds. The highest BCUT2D eigenvalue weighted by Gasteiger charge is 2.34. The first kappa shape index (κ1) is 13.1. The largest absolute Gasteiger partial charge is 0.468 e. The zero-order chi connectivity index (χ0) is 13.1. The van der Waals surface area contributed by atoms with Crippen molar-refractivity contribution in [3.63, 3.8) is 0 Å². The van der Waals surface area contributed by atoms with Gasteiger partial charge < -0.3 is 4.74 Å². The lowest BCUT2D eigenvalue weighted by Gasteiger charge is -2.22. The SMILES string of the molecule is COC(=O)[C@H](C)NC(c1ccc(C)cc1)C1CC1. The van der Waals surface area contributed by atoms with E-state index in [4.69, 9.17) is 4.74 Å². The van der Waals surface area contributed by atoms with Gasteiger partial charge in [0, 0.05) is 6.04 Å². The van der Waals surface area contributed by atoms with E-state index in [9.17, 15) is 4.79 Å². The maximum atomic E-state index is 11.5. The maximum absolute atomic E-state index is 11.5. The summed E-state index contributed by atoms with van der Waals surface area (Å²) in [5.41, 5.74) is 2.52. The first-order valence-corrected chi connectivity index (χ1v) is 6.52. The fourth-order valence-electron chi connectivity index (χ4n) is 2.22. The lowest BCUT2D eigenvalue weighted by molar-refractivity contribution is -0.142. The van der Waals surface area contributed by atoms with Crippen LogP contribution in [0.5, 0.6) is 0 Å². The summed E-state index contributed by atoms with van der Waals surface area (Å²) in [6.45, 7) is 3.94. The molecule has 1 aliphatic rings. The molecule has 0 radical (unpaired) electrons. The third-order valence-corrected chi connectivity index (χ3v) is 3.51. The predicted octanol–water partition coefficient (Wildman–Crippen LogP) is 2.60. The van der Waals surface area contributed by atoms with E-state index in [2.05, 4.69) is 36.5 Å². The highest BCUT2D eigenvalue weighted by Crippen LogP contribution is 2.41. The Morgan fingerprint density at radius 1 is 1.33 bits per heavy atom. The van der Waals surface area contributed by atoms with Crippen LogP contribution in [0, 0.1) is 12.8 Å². The van der Waals surface area contributed by atoms with E-state index in [0.717, 1.165) is 0 Å². The van der Waals surface area contributed by atoms with Gasteiger partial charge in [-0.1, -0.05) is 29.8 Å². The summed E-state index contributed by atoms with van der Waals surface area (Å²) in [6.07, 6.45) is 2.47. The van der Waals surface area contributed by atoms with Crippen molar-refractivity contribution in [3.05, 3.63) is 35.4 Å². The van der Waals surface area contributed by atoms with Crippen LogP contribution < -0.4 is 5.32 Å². The van der Waals surface area contributed by atoms with Gasteiger partial charge in [-0.3, -0.25) is 10.1 Å². The molecule has 2 atom stereocenters. The topological polar surface area (TPSA) is 38.3 Å². The van der Waals surface area contributed by atoms with Crippen LogP contribution >= 0.6 is 0 Å². The standard InChI is InChI=1S/C15H21NO2/c1-10-4-6-12(7-5-10)14(13-8-9-13)16-11(2)15(17)18-3/h4-7,11,13-14,16H,8-9H2,1-3H3/t11-,14?/m0/s1. The summed E-state index contributed by atoms with van der Waals surface area (Å²) in [4.78, 5) is 11.5. The van der Waals surface area contributed by atoms with Crippen molar-refractivity contribution >= 4 is 5.97 Å². The molecule has 98 valence electrons. The Bertz CT molecular complexity index is 409. The Kier molecular flexibility index (Phi) is 4.02. The predicted molar refractivity (Wildman–Crippen MR) is 71.3 cm³/mol. The average molecular weight is 247 g/mol. The first-order valence-electron chi connectivity index (χ1n) is 6.52. The zero-order valence-corrected chi connectivity index (χ0v) is 11.3. The van der Waals surface area contributed by atoms with Gasteiger partial charge in [0.15, 0.2) is 0 Å². The van der Waals surface area contributed by atoms with Crippen LogP contribution in [0.1, 0.15) is 36.9 Å². The summed E-state index contributed by atoms with van der Waals surface area (Å²) in [6, 6.07) is 8.54. The van der Waals surface area contributed by atoms with Gasteiger partial charge >= 0.3 is 5.97 Å². The lowest BCUT2D eigenvalue weighted by atomic mass is 10.0. The molecular formula is C15H21NO2. The normalized spacial score (nSPS) is 18.2. The lowest BCUT2D eigenvalue weighted by Crippen LogP contribution is -2.38. The number of hydrogen-bond donors (Lipinski definition) is 1. The third kappa shape index (κ3) is 3.10. The van der Waals surface area contributed by atoms with Gasteiger partial charge in [0.2, 0.25) is 0 Å². The number of ether oxygens (including phenoxy) is 1. The number of carbonyl (C=O) groups excluding carboxylic acids is 1. The summed E-state index contributed by atoms with van der Waals surface area (Å²) < 4.78 is 4.77. The fraction of sp³-hybridized carbons (Fsp3) is 0.533. The molecule has 3 heteroatoms. The summed E-state index contributed by atoms with van der Waals surface area (Å²) in [5, 5.41) is 3.39. The Morgan fingerprint density at radius 2 is 1.94 bits per heavy atom. The van der Waals surface area contributed by atoms with Crippen molar-refractivity contribution in [1.82, 2.24) is 5.32 Å². The van der Waals surface area contributed by atoms with Crippen LogP contribution in [-0.2, 0) is 9.53 Å². The number of carbonyl (C=O) groups is 1. The van der Waals surface area contributed by atoms with E-state index in [0.29, 0.717) is 5.92 Å². The molecule has 0 aromatic heterocycles. The molecule has 0 aliphatic heterocycles. The first-order chi connectivity index (χ1) is 8.61. The molecule has 1 aromatic rings. The number of hydrogen-bond acceptors (Lipinski definition) is 3. The monoisotopic (exact) mass is 247 g/mol. The van der Waals surface area contributed by atoms with E-state index in [1.54, 1.807) is 0 Å². The number of rotatable bonds is 5. The highest BCUT2D eigenvalue weighted by molar-refractivity contribution is 5.75. The molecule has 0 spiro atoms. The molecule has 1 N–H and O–H groups in total. The van der Waals surface area contributed by atoms with Gasteiger partial charge in [0.05, 0.1) is 7.11 Å². The Balaban J connectivity index is 2.09. The van der Waals surface area contributed by atoms with Crippen LogP contribution in [0.4, 0.5) is 0 Å². The Hall–Kier alpha value is -1.35. The van der Waals surface area contributed by atoms with E-state index >= 15 is 0 Å². The molecule has 1 unspecified atom stereocenters. The van der Waals surface area contributed by atoms with Crippen molar-refractivity contribution in [2.24, 2.45) is 5.92 Å². The minimum atomic E-state index is -0.262. The number of nitrogens with one attached hydrogen (secondary N) is 1. The summed E-state index contributed by atoms with van der Waals surface area (Å²) in [5.74, 6) is 0.451. The van der Waals surface area contributed by atoms with Crippen LogP contribution in [0.25, 0.3) is 0 Å². The number of benzene rings is 1. The molecule has 1 aromatic carbocycles. The number of aryl methyl sites for hydroxylation is 1. The van der Waals surface area contributed by atoms with Gasteiger partial charge in [0.1, 0.15) is 6.04 Å². The second-order valence-electron chi connectivity index (χ2n) is 5.14.